The molecule has 168 valence electrons. The maximum atomic E-state index is 14.6. The van der Waals surface area contributed by atoms with Gasteiger partial charge in [-0.2, -0.15) is 13.2 Å². The molecule has 3 aromatic rings. The number of anilines is 1. The minimum atomic E-state index is -4.73. The number of carbonyl (C=O) groups excluding carboxylic acids is 1. The van der Waals surface area contributed by atoms with Crippen LogP contribution < -0.4 is 10.1 Å². The van der Waals surface area contributed by atoms with E-state index in [1.807, 2.05) is 0 Å². The molecule has 2 saturated heterocycles. The summed E-state index contributed by atoms with van der Waals surface area (Å²) in [7, 11) is 0. The van der Waals surface area contributed by atoms with E-state index in [-0.39, 0.29) is 16.7 Å². The number of nitrogens with zero attached hydrogens (tertiary/aromatic N) is 2. The molecule has 12 heteroatoms. The van der Waals surface area contributed by atoms with Crippen LogP contribution in [0.15, 0.2) is 30.6 Å². The predicted molar refractivity (Wildman–Crippen MR) is 101 cm³/mol. The number of halogens is 5. The Kier molecular flexibility index (Phi) is 4.52. The number of fused-ring (bicyclic) bond motifs is 1. The Hall–Kier alpha value is -3.41. The fourth-order valence-electron chi connectivity index (χ4n) is 3.86. The zero-order chi connectivity index (χ0) is 22.7. The van der Waals surface area contributed by atoms with Gasteiger partial charge in [-0.1, -0.05) is 0 Å². The number of urea groups is 1. The summed E-state index contributed by atoms with van der Waals surface area (Å²) in [6.07, 6.45) is -2.89. The minimum absolute atomic E-state index is 0.0189. The summed E-state index contributed by atoms with van der Waals surface area (Å²) in [5.41, 5.74) is -1.40. The second-order valence-electron chi connectivity index (χ2n) is 7.88. The number of nitrogens with one attached hydrogen (secondary N) is 2. The average molecular weight is 454 g/mol. The Morgan fingerprint density at radius 1 is 1.22 bits per heavy atom. The first kappa shape index (κ1) is 20.5. The largest absolute Gasteiger partial charge is 0.450 e. The summed E-state index contributed by atoms with van der Waals surface area (Å²) in [6.45, 7) is 2.12. The average Bonchev–Trinajstić information content (AvgIpc) is 3.07. The normalized spacial score (nSPS) is 17.2. The lowest BCUT2D eigenvalue weighted by Gasteiger charge is -2.54. The van der Waals surface area contributed by atoms with E-state index in [4.69, 9.17) is 9.47 Å². The monoisotopic (exact) mass is 454 g/mol. The summed E-state index contributed by atoms with van der Waals surface area (Å²) in [4.78, 5) is 19.9. The fraction of sp³-hybridized carbons (Fsp3) is 0.300. The van der Waals surface area contributed by atoms with Crippen LogP contribution in [0.3, 0.4) is 0 Å². The number of H-pyrrole nitrogens is 1. The SMILES string of the molecule is O=C(Nc1cc(F)c(Oc2ccnc3[nH]cc(C(F)(F)F)c23)c(F)c1)N1CC2(COC2)C1. The van der Waals surface area contributed by atoms with E-state index in [0.29, 0.717) is 32.5 Å². The van der Waals surface area contributed by atoms with Crippen molar-refractivity contribution in [2.24, 2.45) is 5.41 Å². The number of rotatable bonds is 3. The Labute approximate surface area is 177 Å². The minimum Gasteiger partial charge on any atom is -0.450 e. The van der Waals surface area contributed by atoms with Gasteiger partial charge in [-0.3, -0.25) is 0 Å². The van der Waals surface area contributed by atoms with Crippen LogP contribution in [0.4, 0.5) is 32.4 Å². The lowest BCUT2D eigenvalue weighted by Crippen LogP contribution is -2.67. The topological polar surface area (TPSA) is 79.5 Å². The van der Waals surface area contributed by atoms with E-state index >= 15 is 0 Å². The first-order chi connectivity index (χ1) is 15.2. The van der Waals surface area contributed by atoms with Crippen molar-refractivity contribution in [2.75, 3.05) is 31.6 Å². The molecule has 1 aromatic carbocycles. The van der Waals surface area contributed by atoms with Crippen LogP contribution >= 0.6 is 0 Å². The molecule has 2 fully saturated rings. The first-order valence-corrected chi connectivity index (χ1v) is 9.49. The molecule has 2 aromatic heterocycles. The highest BCUT2D eigenvalue weighted by atomic mass is 19.4. The van der Waals surface area contributed by atoms with E-state index < -0.39 is 46.3 Å². The van der Waals surface area contributed by atoms with Crippen LogP contribution in [0.25, 0.3) is 11.0 Å². The molecule has 2 N–H and O–H groups in total. The number of amides is 2. The highest BCUT2D eigenvalue weighted by molar-refractivity contribution is 5.90. The Morgan fingerprint density at radius 2 is 1.91 bits per heavy atom. The zero-order valence-corrected chi connectivity index (χ0v) is 16.2. The fourth-order valence-corrected chi connectivity index (χ4v) is 3.86. The first-order valence-electron chi connectivity index (χ1n) is 9.49. The summed E-state index contributed by atoms with van der Waals surface area (Å²) >= 11 is 0. The van der Waals surface area contributed by atoms with Crippen LogP contribution in [0.5, 0.6) is 11.5 Å². The molecule has 2 amide bonds. The third-order valence-electron chi connectivity index (χ3n) is 5.46. The Bertz CT molecular complexity index is 1190. The van der Waals surface area contributed by atoms with Crippen molar-refractivity contribution in [1.29, 1.82) is 0 Å². The van der Waals surface area contributed by atoms with Crippen molar-refractivity contribution in [2.45, 2.75) is 6.18 Å². The molecule has 2 aliphatic heterocycles. The molecule has 4 heterocycles. The summed E-state index contributed by atoms with van der Waals surface area (Å²) < 4.78 is 79.3. The van der Waals surface area contributed by atoms with Gasteiger partial charge in [0.05, 0.1) is 29.6 Å². The van der Waals surface area contributed by atoms with Crippen LogP contribution in [-0.2, 0) is 10.9 Å². The van der Waals surface area contributed by atoms with Gasteiger partial charge < -0.3 is 24.7 Å². The second-order valence-corrected chi connectivity index (χ2v) is 7.88. The molecule has 0 unspecified atom stereocenters. The third kappa shape index (κ3) is 3.40. The van der Waals surface area contributed by atoms with Gasteiger partial charge in [-0.05, 0) is 6.07 Å². The van der Waals surface area contributed by atoms with Gasteiger partial charge in [0.25, 0.3) is 0 Å². The molecule has 0 bridgehead atoms. The number of aromatic amines is 1. The van der Waals surface area contributed by atoms with Crippen molar-refractivity contribution in [1.82, 2.24) is 14.9 Å². The summed E-state index contributed by atoms with van der Waals surface area (Å²) in [6, 6.07) is 2.22. The number of hydrogen-bond acceptors (Lipinski definition) is 4. The molecular formula is C20H15F5N4O3. The number of benzene rings is 1. The number of aromatic nitrogens is 2. The molecule has 1 spiro atoms. The van der Waals surface area contributed by atoms with Gasteiger partial charge in [-0.25, -0.2) is 18.6 Å². The molecule has 32 heavy (non-hydrogen) atoms. The Morgan fingerprint density at radius 3 is 2.50 bits per heavy atom. The third-order valence-corrected chi connectivity index (χ3v) is 5.46. The van der Waals surface area contributed by atoms with Crippen molar-refractivity contribution >= 4 is 22.8 Å². The quantitative estimate of drug-likeness (QED) is 0.571. The molecule has 0 saturated carbocycles. The Balaban J connectivity index is 1.37. The maximum Gasteiger partial charge on any atom is 0.418 e. The van der Waals surface area contributed by atoms with E-state index in [9.17, 15) is 26.7 Å². The number of likely N-dealkylation sites (tertiary alicyclic amines) is 1. The maximum absolute atomic E-state index is 14.6. The van der Waals surface area contributed by atoms with Gasteiger partial charge in [0.15, 0.2) is 17.4 Å². The van der Waals surface area contributed by atoms with Gasteiger partial charge in [0.1, 0.15) is 11.4 Å². The molecule has 0 aliphatic carbocycles. The molecule has 2 aliphatic rings. The summed E-state index contributed by atoms with van der Waals surface area (Å²) in [5, 5.41) is 1.95. The molecule has 7 nitrogen and oxygen atoms in total. The number of hydrogen-bond donors (Lipinski definition) is 2. The smallest absolute Gasteiger partial charge is 0.418 e. The number of carbonyl (C=O) groups is 1. The molecule has 0 radical (unpaired) electrons. The van der Waals surface area contributed by atoms with E-state index in [1.165, 1.54) is 4.90 Å². The lowest BCUT2D eigenvalue weighted by atomic mass is 9.78. The van der Waals surface area contributed by atoms with Crippen molar-refractivity contribution < 1.29 is 36.2 Å². The van der Waals surface area contributed by atoms with Crippen molar-refractivity contribution in [3.8, 4) is 11.5 Å². The number of alkyl halides is 3. The van der Waals surface area contributed by atoms with E-state index in [1.54, 1.807) is 0 Å². The van der Waals surface area contributed by atoms with Crippen LogP contribution in [0.2, 0.25) is 0 Å². The number of pyridine rings is 1. The standard InChI is InChI=1S/C20H15F5N4O3/c21-12-3-10(28-18(30)29-6-19(7-29)8-31-9-19)4-13(22)16(12)32-14-1-2-26-17-15(14)11(5-27-17)20(23,24)25/h1-5H,6-9H2,(H,26,27)(H,28,30). The van der Waals surface area contributed by atoms with Gasteiger partial charge in [0, 0.05) is 43.3 Å². The second kappa shape index (κ2) is 7.05. The molecular weight excluding hydrogens is 439 g/mol. The highest BCUT2D eigenvalue weighted by Crippen LogP contribution is 2.41. The van der Waals surface area contributed by atoms with Crippen LogP contribution in [0, 0.1) is 17.0 Å². The van der Waals surface area contributed by atoms with E-state index in [2.05, 4.69) is 15.3 Å². The van der Waals surface area contributed by atoms with Crippen molar-refractivity contribution in [3.05, 3.63) is 47.8 Å². The number of ether oxygens (including phenoxy) is 2. The lowest BCUT2D eigenvalue weighted by molar-refractivity contribution is -0.174. The molecule has 0 atom stereocenters. The molecule has 5 rings (SSSR count). The van der Waals surface area contributed by atoms with E-state index in [0.717, 1.165) is 24.4 Å². The van der Waals surface area contributed by atoms with Crippen molar-refractivity contribution in [3.63, 3.8) is 0 Å². The summed E-state index contributed by atoms with van der Waals surface area (Å²) in [5.74, 6) is -3.71. The van der Waals surface area contributed by atoms with Gasteiger partial charge in [0.2, 0.25) is 0 Å². The predicted octanol–water partition coefficient (Wildman–Crippen LogP) is 4.52. The van der Waals surface area contributed by atoms with Gasteiger partial charge >= 0.3 is 12.2 Å². The van der Waals surface area contributed by atoms with Gasteiger partial charge in [-0.15, -0.1) is 0 Å². The van der Waals surface area contributed by atoms with Crippen LogP contribution in [0.1, 0.15) is 5.56 Å². The van der Waals surface area contributed by atoms with Crippen LogP contribution in [-0.4, -0.2) is 47.2 Å². The highest BCUT2D eigenvalue weighted by Gasteiger charge is 2.50. The zero-order valence-electron chi connectivity index (χ0n) is 16.2.